The van der Waals surface area contributed by atoms with Crippen molar-refractivity contribution in [3.05, 3.63) is 35.9 Å². The molecule has 0 aliphatic heterocycles. The molecule has 16 heavy (non-hydrogen) atoms. The van der Waals surface area contributed by atoms with Crippen LogP contribution in [-0.2, 0) is 0 Å². The fraction of sp³-hybridized carbons (Fsp3) is 0.0909. The maximum Gasteiger partial charge on any atom is 0.181 e. The number of halogens is 1. The van der Waals surface area contributed by atoms with Gasteiger partial charge in [-0.3, -0.25) is 0 Å². The first-order chi connectivity index (χ1) is 7.33. The second-order valence-electron chi connectivity index (χ2n) is 2.59. The first kappa shape index (κ1) is 14.8. The van der Waals surface area contributed by atoms with Gasteiger partial charge in [-0.2, -0.15) is 5.10 Å². The van der Waals surface area contributed by atoms with Gasteiger partial charge in [0.2, 0.25) is 0 Å². The van der Waals surface area contributed by atoms with Crippen LogP contribution < -0.4 is 5.73 Å². The highest BCUT2D eigenvalue weighted by Gasteiger charge is 1.89. The zero-order valence-corrected chi connectivity index (χ0v) is 11.1. The van der Waals surface area contributed by atoms with Crippen LogP contribution >= 0.6 is 28.7 Å². The number of rotatable bonds is 3. The molecule has 0 fully saturated rings. The summed E-state index contributed by atoms with van der Waals surface area (Å²) in [6.45, 7) is 0. The van der Waals surface area contributed by atoms with E-state index in [2.05, 4.69) is 16.1 Å². The summed E-state index contributed by atoms with van der Waals surface area (Å²) in [6.07, 6.45) is 6.72. The number of nitrogens with zero attached hydrogens (tertiary/aromatic N) is 2. The summed E-state index contributed by atoms with van der Waals surface area (Å²) in [7, 11) is 0. The fourth-order valence-electron chi connectivity index (χ4n) is 0.836. The molecule has 2 N–H and O–H groups in total. The van der Waals surface area contributed by atoms with Crippen molar-refractivity contribution in [3.63, 3.8) is 0 Å². The molecule has 0 amide bonds. The number of terminal acetylenes is 1. The number of hydrogen-bond acceptors (Lipinski definition) is 3. The number of thioether (sulfide) groups is 1. The Morgan fingerprint density at radius 3 is 2.75 bits per heavy atom. The molecular weight excluding hydrogens is 286 g/mol. The van der Waals surface area contributed by atoms with Crippen molar-refractivity contribution in [2.75, 3.05) is 5.75 Å². The van der Waals surface area contributed by atoms with Crippen LogP contribution in [0.25, 0.3) is 0 Å². The molecule has 0 saturated carbocycles. The van der Waals surface area contributed by atoms with Gasteiger partial charge in [-0.05, 0) is 5.56 Å². The average molecular weight is 298 g/mol. The van der Waals surface area contributed by atoms with Crippen molar-refractivity contribution in [1.82, 2.24) is 0 Å². The van der Waals surface area contributed by atoms with Gasteiger partial charge in [-0.25, -0.2) is 0 Å². The molecule has 1 aromatic rings. The molecule has 0 heterocycles. The molecule has 3 nitrogen and oxygen atoms in total. The molecule has 0 spiro atoms. The van der Waals surface area contributed by atoms with Crippen molar-refractivity contribution < 1.29 is 0 Å². The van der Waals surface area contributed by atoms with E-state index in [-0.39, 0.29) is 17.0 Å². The molecule has 1 rings (SSSR count). The Labute approximate surface area is 110 Å². The van der Waals surface area contributed by atoms with Crippen molar-refractivity contribution in [1.29, 1.82) is 0 Å². The van der Waals surface area contributed by atoms with Gasteiger partial charge in [-0.15, -0.1) is 28.5 Å². The van der Waals surface area contributed by atoms with Gasteiger partial charge in [0.05, 0.1) is 12.0 Å². The molecule has 0 bridgehead atoms. The molecule has 0 aromatic heterocycles. The molecule has 0 aliphatic carbocycles. The van der Waals surface area contributed by atoms with Crippen molar-refractivity contribution in [3.8, 4) is 12.3 Å². The lowest BCUT2D eigenvalue weighted by molar-refractivity contribution is 1.25. The third-order valence-corrected chi connectivity index (χ3v) is 2.15. The van der Waals surface area contributed by atoms with Gasteiger partial charge in [-0.1, -0.05) is 48.0 Å². The summed E-state index contributed by atoms with van der Waals surface area (Å²) in [5, 5.41) is 8.01. The lowest BCUT2D eigenvalue weighted by atomic mass is 10.2. The summed E-state index contributed by atoms with van der Waals surface area (Å²) >= 11 is 1.29. The van der Waals surface area contributed by atoms with Crippen molar-refractivity contribution >= 4 is 40.1 Å². The van der Waals surface area contributed by atoms with Crippen LogP contribution in [0.5, 0.6) is 0 Å². The second kappa shape index (κ2) is 9.01. The Balaban J connectivity index is 0.00000225. The predicted octanol–water partition coefficient (Wildman–Crippen LogP) is 2.28. The highest BCUT2D eigenvalue weighted by Crippen LogP contribution is 1.98. The summed E-state index contributed by atoms with van der Waals surface area (Å²) < 4.78 is 0. The van der Waals surface area contributed by atoms with Crippen LogP contribution in [0, 0.1) is 12.3 Å². The van der Waals surface area contributed by atoms with E-state index in [4.69, 9.17) is 12.2 Å². The van der Waals surface area contributed by atoms with Crippen LogP contribution in [0.2, 0.25) is 0 Å². The molecule has 0 radical (unpaired) electrons. The molecule has 1 aromatic carbocycles. The van der Waals surface area contributed by atoms with Crippen LogP contribution in [0.1, 0.15) is 5.56 Å². The molecular formula is C11H12BrN3S. The fourth-order valence-corrected chi connectivity index (χ4v) is 1.17. The SMILES string of the molecule is Br.C#CCS/C(N)=N/N=C/c1ccccc1. The van der Waals surface area contributed by atoms with E-state index in [9.17, 15) is 0 Å². The highest BCUT2D eigenvalue weighted by molar-refractivity contribution is 8.93. The maximum atomic E-state index is 5.53. The largest absolute Gasteiger partial charge is 0.377 e. The van der Waals surface area contributed by atoms with E-state index in [0.717, 1.165) is 5.56 Å². The molecule has 84 valence electrons. The van der Waals surface area contributed by atoms with E-state index in [1.807, 2.05) is 30.3 Å². The predicted molar refractivity (Wildman–Crippen MR) is 77.3 cm³/mol. The van der Waals surface area contributed by atoms with Gasteiger partial charge in [0.15, 0.2) is 5.17 Å². The van der Waals surface area contributed by atoms with Crippen LogP contribution in [0.15, 0.2) is 40.5 Å². The zero-order chi connectivity index (χ0) is 10.9. The molecule has 0 unspecified atom stereocenters. The zero-order valence-electron chi connectivity index (χ0n) is 8.54. The number of benzene rings is 1. The highest BCUT2D eigenvalue weighted by atomic mass is 79.9. The topological polar surface area (TPSA) is 50.7 Å². The average Bonchev–Trinajstić information content (AvgIpc) is 2.28. The van der Waals surface area contributed by atoms with Crippen molar-refractivity contribution in [2.24, 2.45) is 15.9 Å². The normalized spacial score (nSPS) is 10.8. The molecule has 0 aliphatic rings. The summed E-state index contributed by atoms with van der Waals surface area (Å²) in [4.78, 5) is 0. The maximum absolute atomic E-state index is 5.53. The third-order valence-electron chi connectivity index (χ3n) is 1.47. The number of amidine groups is 1. The van der Waals surface area contributed by atoms with Gasteiger partial charge in [0.1, 0.15) is 0 Å². The minimum atomic E-state index is 0. The third kappa shape index (κ3) is 6.27. The van der Waals surface area contributed by atoms with E-state index >= 15 is 0 Å². The minimum Gasteiger partial charge on any atom is -0.377 e. The standard InChI is InChI=1S/C11H11N3S.BrH/c1-2-8-15-11(12)14-13-9-10-6-4-3-5-7-10;/h1,3-7,9H,8H2,(H2,12,14);1H/b13-9+;. The lowest BCUT2D eigenvalue weighted by Gasteiger charge is -1.91. The number of hydrogen-bond donors (Lipinski definition) is 1. The van der Waals surface area contributed by atoms with Gasteiger partial charge in [0.25, 0.3) is 0 Å². The summed E-state index contributed by atoms with van der Waals surface area (Å²) in [6, 6.07) is 9.67. The first-order valence-corrected chi connectivity index (χ1v) is 5.29. The Bertz CT molecular complexity index is 395. The molecule has 0 atom stereocenters. The molecule has 0 saturated heterocycles. The Kier molecular flexibility index (Phi) is 8.31. The van der Waals surface area contributed by atoms with Crippen LogP contribution in [-0.4, -0.2) is 17.1 Å². The monoisotopic (exact) mass is 297 g/mol. The quantitative estimate of drug-likeness (QED) is 0.403. The smallest absolute Gasteiger partial charge is 0.181 e. The number of nitrogens with two attached hydrogens (primary N) is 1. The Hall–Kier alpha value is -1.25. The lowest BCUT2D eigenvalue weighted by Crippen LogP contribution is -2.05. The van der Waals surface area contributed by atoms with E-state index < -0.39 is 0 Å². The summed E-state index contributed by atoms with van der Waals surface area (Å²) in [5.74, 6) is 2.97. The van der Waals surface area contributed by atoms with E-state index in [0.29, 0.717) is 10.9 Å². The van der Waals surface area contributed by atoms with Crippen LogP contribution in [0.3, 0.4) is 0 Å². The summed E-state index contributed by atoms with van der Waals surface area (Å²) in [5.41, 5.74) is 6.51. The van der Waals surface area contributed by atoms with Crippen LogP contribution in [0.4, 0.5) is 0 Å². The van der Waals surface area contributed by atoms with Crippen molar-refractivity contribution in [2.45, 2.75) is 0 Å². The first-order valence-electron chi connectivity index (χ1n) is 4.30. The van der Waals surface area contributed by atoms with E-state index in [1.54, 1.807) is 6.21 Å². The van der Waals surface area contributed by atoms with E-state index in [1.165, 1.54) is 11.8 Å². The molecule has 5 heteroatoms. The Morgan fingerprint density at radius 1 is 1.44 bits per heavy atom. The minimum absolute atomic E-state index is 0. The van der Waals surface area contributed by atoms with Gasteiger partial charge < -0.3 is 5.73 Å². The van der Waals surface area contributed by atoms with Gasteiger partial charge in [0, 0.05) is 0 Å². The second-order valence-corrected chi connectivity index (χ2v) is 3.58. The van der Waals surface area contributed by atoms with Gasteiger partial charge >= 0.3 is 0 Å². The Morgan fingerprint density at radius 2 is 2.12 bits per heavy atom.